The molecule has 0 spiro atoms. The Labute approximate surface area is 438 Å². The molecule has 0 saturated carbocycles. The Balaban J connectivity index is 4.52. The Hall–Kier alpha value is -3.67. The van der Waals surface area contributed by atoms with Crippen LogP contribution in [0.3, 0.4) is 0 Å². The molecule has 0 aliphatic rings. The van der Waals surface area contributed by atoms with Gasteiger partial charge < -0.3 is 14.2 Å². The predicted octanol–water partition coefficient (Wildman–Crippen LogP) is 20.1. The van der Waals surface area contributed by atoms with Crippen LogP contribution in [0.15, 0.2) is 97.2 Å². The van der Waals surface area contributed by atoms with E-state index in [-0.39, 0.29) is 37.5 Å². The molecule has 0 radical (unpaired) electrons. The van der Waals surface area contributed by atoms with Gasteiger partial charge in [0.25, 0.3) is 0 Å². The summed E-state index contributed by atoms with van der Waals surface area (Å²) in [5.41, 5.74) is 0. The molecule has 0 saturated heterocycles. The van der Waals surface area contributed by atoms with Crippen LogP contribution < -0.4 is 0 Å². The SMILES string of the molecule is CCCCC/C=C\C/C=C\C/C=C\C/C=C\C/C=C\CCC(=O)OC[C@H](COC(=O)CCCCCC/C=C\C/C=C\C/C=C\CCCCC)OC(=O)CCCCCCCCCCCCCCCCCCC. The molecule has 0 fully saturated rings. The van der Waals surface area contributed by atoms with Gasteiger partial charge in [0.05, 0.1) is 0 Å². The number of hydrogen-bond acceptors (Lipinski definition) is 6. The second-order valence-corrected chi connectivity index (χ2v) is 19.6. The lowest BCUT2D eigenvalue weighted by atomic mass is 10.0. The summed E-state index contributed by atoms with van der Waals surface area (Å²) in [5, 5.41) is 0. The molecule has 1 atom stereocenters. The molecule has 0 aliphatic heterocycles. The van der Waals surface area contributed by atoms with Gasteiger partial charge in [-0.25, -0.2) is 0 Å². The normalized spacial score (nSPS) is 12.8. The van der Waals surface area contributed by atoms with E-state index in [0.717, 1.165) is 89.9 Å². The van der Waals surface area contributed by atoms with Gasteiger partial charge >= 0.3 is 17.9 Å². The van der Waals surface area contributed by atoms with E-state index < -0.39 is 6.10 Å². The minimum absolute atomic E-state index is 0.111. The van der Waals surface area contributed by atoms with Crippen molar-refractivity contribution in [3.8, 4) is 0 Å². The largest absolute Gasteiger partial charge is 0.462 e. The van der Waals surface area contributed by atoms with E-state index in [1.807, 2.05) is 6.08 Å². The quantitative estimate of drug-likeness (QED) is 0.0261. The van der Waals surface area contributed by atoms with Crippen LogP contribution in [0.1, 0.15) is 278 Å². The van der Waals surface area contributed by atoms with Crippen molar-refractivity contribution < 1.29 is 28.6 Å². The number of allylic oxidation sites excluding steroid dienone is 16. The highest BCUT2D eigenvalue weighted by molar-refractivity contribution is 5.71. The van der Waals surface area contributed by atoms with Crippen molar-refractivity contribution in [1.82, 2.24) is 0 Å². The van der Waals surface area contributed by atoms with Gasteiger partial charge in [-0.1, -0.05) is 259 Å². The Morgan fingerprint density at radius 1 is 0.282 bits per heavy atom. The lowest BCUT2D eigenvalue weighted by Crippen LogP contribution is -2.30. The predicted molar refractivity (Wildman–Crippen MR) is 307 cm³/mol. The minimum Gasteiger partial charge on any atom is -0.462 e. The maximum absolute atomic E-state index is 12.9. The number of carbonyl (C=O) groups is 3. The summed E-state index contributed by atoms with van der Waals surface area (Å²) in [6.45, 7) is 6.52. The summed E-state index contributed by atoms with van der Waals surface area (Å²) in [7, 11) is 0. The van der Waals surface area contributed by atoms with Gasteiger partial charge in [-0.3, -0.25) is 14.4 Å². The van der Waals surface area contributed by atoms with Gasteiger partial charge in [-0.15, -0.1) is 0 Å². The third kappa shape index (κ3) is 57.1. The maximum Gasteiger partial charge on any atom is 0.306 e. The van der Waals surface area contributed by atoms with Crippen LogP contribution in [-0.2, 0) is 28.6 Å². The Kier molecular flexibility index (Phi) is 55.9. The highest BCUT2D eigenvalue weighted by Gasteiger charge is 2.19. The average Bonchev–Trinajstić information content (AvgIpc) is 3.37. The summed E-state index contributed by atoms with van der Waals surface area (Å²) in [5.74, 6) is -1.01. The van der Waals surface area contributed by atoms with Crippen LogP contribution in [0.25, 0.3) is 0 Å². The zero-order valence-corrected chi connectivity index (χ0v) is 46.5. The van der Waals surface area contributed by atoms with Crippen LogP contribution in [0.5, 0.6) is 0 Å². The van der Waals surface area contributed by atoms with E-state index in [9.17, 15) is 14.4 Å². The van der Waals surface area contributed by atoms with Crippen LogP contribution in [0, 0.1) is 0 Å². The molecule has 71 heavy (non-hydrogen) atoms. The molecule has 0 N–H and O–H groups in total. The van der Waals surface area contributed by atoms with E-state index in [2.05, 4.69) is 112 Å². The molecule has 0 aromatic carbocycles. The van der Waals surface area contributed by atoms with Crippen molar-refractivity contribution in [2.24, 2.45) is 0 Å². The number of esters is 3. The van der Waals surface area contributed by atoms with Gasteiger partial charge in [0.1, 0.15) is 13.2 Å². The molecular formula is C65H110O6. The number of hydrogen-bond donors (Lipinski definition) is 0. The number of ether oxygens (including phenoxy) is 3. The molecule has 0 bridgehead atoms. The highest BCUT2D eigenvalue weighted by Crippen LogP contribution is 2.16. The molecule has 6 heteroatoms. The van der Waals surface area contributed by atoms with Crippen molar-refractivity contribution >= 4 is 17.9 Å². The van der Waals surface area contributed by atoms with E-state index in [4.69, 9.17) is 14.2 Å². The standard InChI is InChI=1S/C65H110O6/c1-4-7-10-13-16-19-22-25-28-31-32-35-37-40-43-46-49-52-55-58-64(67)70-61-62(71-65(68)59-56-53-50-47-44-41-38-34-30-27-24-21-18-15-12-9-6-3)60-69-63(66)57-54-51-48-45-42-39-36-33-29-26-23-20-17-14-11-8-5-2/h16-17,19-20,25-26,28-29,32,35-36,39-40,43,49,52,62H,4-15,18,21-24,27,30-31,33-34,37-38,41-42,44-48,50-51,53-61H2,1-3H3/b19-16-,20-17-,28-25-,29-26-,35-32-,39-36-,43-40-,52-49-/t62-/m0/s1. The van der Waals surface area contributed by atoms with Gasteiger partial charge in [0, 0.05) is 19.3 Å². The van der Waals surface area contributed by atoms with Crippen LogP contribution >= 0.6 is 0 Å². The average molecular weight is 988 g/mol. The first-order chi connectivity index (χ1) is 35.0. The molecule has 0 aromatic rings. The maximum atomic E-state index is 12.9. The molecule has 0 aliphatic carbocycles. The molecule has 0 unspecified atom stereocenters. The summed E-state index contributed by atoms with van der Waals surface area (Å²) < 4.78 is 16.8. The first-order valence-corrected chi connectivity index (χ1v) is 29.7. The summed E-state index contributed by atoms with van der Waals surface area (Å²) >= 11 is 0. The van der Waals surface area contributed by atoms with E-state index in [1.165, 1.54) is 141 Å². The lowest BCUT2D eigenvalue weighted by molar-refractivity contribution is -0.166. The summed E-state index contributed by atoms with van der Waals surface area (Å²) in [6.07, 6.45) is 78.3. The van der Waals surface area contributed by atoms with Crippen molar-refractivity contribution in [2.75, 3.05) is 13.2 Å². The van der Waals surface area contributed by atoms with Crippen molar-refractivity contribution in [3.63, 3.8) is 0 Å². The minimum atomic E-state index is -0.817. The van der Waals surface area contributed by atoms with Gasteiger partial charge in [0.15, 0.2) is 6.10 Å². The number of rotatable bonds is 53. The zero-order valence-electron chi connectivity index (χ0n) is 46.5. The number of unbranched alkanes of at least 4 members (excludes halogenated alkanes) is 26. The molecule has 0 aromatic heterocycles. The Morgan fingerprint density at radius 2 is 0.535 bits per heavy atom. The summed E-state index contributed by atoms with van der Waals surface area (Å²) in [6, 6.07) is 0. The van der Waals surface area contributed by atoms with Gasteiger partial charge in [0.2, 0.25) is 0 Å². The fourth-order valence-electron chi connectivity index (χ4n) is 8.08. The summed E-state index contributed by atoms with van der Waals surface area (Å²) in [4.78, 5) is 38.2. The van der Waals surface area contributed by atoms with Crippen molar-refractivity contribution in [2.45, 2.75) is 284 Å². The van der Waals surface area contributed by atoms with Crippen molar-refractivity contribution in [1.29, 1.82) is 0 Å². The lowest BCUT2D eigenvalue weighted by Gasteiger charge is -2.18. The zero-order chi connectivity index (χ0) is 51.4. The monoisotopic (exact) mass is 987 g/mol. The second-order valence-electron chi connectivity index (χ2n) is 19.6. The topological polar surface area (TPSA) is 78.9 Å². The molecular weight excluding hydrogens is 877 g/mol. The Morgan fingerprint density at radius 3 is 0.901 bits per heavy atom. The smallest absolute Gasteiger partial charge is 0.306 e. The van der Waals surface area contributed by atoms with Crippen LogP contribution in [0.2, 0.25) is 0 Å². The molecule has 0 heterocycles. The fourth-order valence-corrected chi connectivity index (χ4v) is 8.08. The number of carbonyl (C=O) groups excluding carboxylic acids is 3. The molecule has 0 amide bonds. The highest BCUT2D eigenvalue weighted by atomic mass is 16.6. The van der Waals surface area contributed by atoms with E-state index >= 15 is 0 Å². The molecule has 0 rings (SSSR count). The third-order valence-electron chi connectivity index (χ3n) is 12.6. The second kappa shape index (κ2) is 58.9. The molecule has 406 valence electrons. The van der Waals surface area contributed by atoms with Gasteiger partial charge in [-0.2, -0.15) is 0 Å². The van der Waals surface area contributed by atoms with Gasteiger partial charge in [-0.05, 0) is 96.3 Å². The first-order valence-electron chi connectivity index (χ1n) is 29.7. The van der Waals surface area contributed by atoms with E-state index in [0.29, 0.717) is 19.3 Å². The first kappa shape index (κ1) is 67.3. The van der Waals surface area contributed by atoms with Crippen LogP contribution in [-0.4, -0.2) is 37.2 Å². The van der Waals surface area contributed by atoms with Crippen LogP contribution in [0.4, 0.5) is 0 Å². The third-order valence-corrected chi connectivity index (χ3v) is 12.6. The van der Waals surface area contributed by atoms with E-state index in [1.54, 1.807) is 0 Å². The Bertz CT molecular complexity index is 1410. The fraction of sp³-hybridized carbons (Fsp3) is 0.708. The molecule has 6 nitrogen and oxygen atoms in total. The van der Waals surface area contributed by atoms with Crippen molar-refractivity contribution in [3.05, 3.63) is 97.2 Å².